The van der Waals surface area contributed by atoms with E-state index in [9.17, 15) is 88.2 Å². The number of aliphatic hydroxyl groups is 2. The van der Waals surface area contributed by atoms with E-state index in [1.54, 1.807) is 0 Å². The molecule has 0 saturated carbocycles. The molecule has 3 unspecified atom stereocenters. The fraction of sp³-hybridized carbons (Fsp3) is 0.683. The molecule has 0 aromatic carbocycles. The van der Waals surface area contributed by atoms with Gasteiger partial charge in [0.2, 0.25) is 70.9 Å². The van der Waals surface area contributed by atoms with Crippen LogP contribution in [0.3, 0.4) is 0 Å². The van der Waals surface area contributed by atoms with Gasteiger partial charge in [-0.15, -0.1) is 0 Å². The maximum absolute atomic E-state index is 13.5. The van der Waals surface area contributed by atoms with Gasteiger partial charge in [-0.05, 0) is 51.4 Å². The summed E-state index contributed by atoms with van der Waals surface area (Å²) in [5.41, 5.74) is 5.52. The third-order valence-corrected chi connectivity index (χ3v) is 10.2. The second-order valence-corrected chi connectivity index (χ2v) is 16.7. The van der Waals surface area contributed by atoms with Crippen LogP contribution in [-0.4, -0.2) is 218 Å². The summed E-state index contributed by atoms with van der Waals surface area (Å²) in [5.74, 6) is -13.1. The number of aliphatic carboxylic acids is 1. The molecule has 17 N–H and O–H groups in total. The molecule has 0 aromatic rings. The van der Waals surface area contributed by atoms with Crippen LogP contribution in [0.15, 0.2) is 0 Å². The first kappa shape index (κ1) is 69.5. The fourth-order valence-electron chi connectivity index (χ4n) is 5.99. The van der Waals surface area contributed by atoms with Crippen molar-refractivity contribution >= 4 is 76.9 Å². The molecule has 74 heavy (non-hydrogen) atoms. The number of carboxylic acid groups (broad SMARTS) is 1. The van der Waals surface area contributed by atoms with Crippen LogP contribution >= 0.6 is 0 Å². The van der Waals surface area contributed by atoms with Gasteiger partial charge in [-0.1, -0.05) is 13.8 Å². The van der Waals surface area contributed by atoms with E-state index in [1.165, 1.54) is 20.8 Å². The Morgan fingerprint density at radius 1 is 0.459 bits per heavy atom. The Morgan fingerprint density at radius 2 is 0.824 bits per heavy atom. The van der Waals surface area contributed by atoms with Crippen LogP contribution in [0.1, 0.15) is 80.1 Å². The van der Waals surface area contributed by atoms with E-state index >= 15 is 0 Å². The second-order valence-electron chi connectivity index (χ2n) is 16.7. The Hall–Kier alpha value is -6.61. The number of carbonyl (C=O) groups is 13. The Bertz CT molecular complexity index is 1950. The van der Waals surface area contributed by atoms with E-state index < -0.39 is 158 Å². The van der Waals surface area contributed by atoms with Crippen molar-refractivity contribution in [3.8, 4) is 0 Å². The molecule has 7 atom stereocenters. The van der Waals surface area contributed by atoms with Gasteiger partial charge in [0.25, 0.3) is 0 Å². The van der Waals surface area contributed by atoms with Crippen LogP contribution in [0.2, 0.25) is 0 Å². The topological polar surface area (TPSA) is 487 Å². The first-order valence-corrected chi connectivity index (χ1v) is 22.8. The Morgan fingerprint density at radius 3 is 1.23 bits per heavy atom. The van der Waals surface area contributed by atoms with Crippen molar-refractivity contribution in [1.82, 2.24) is 63.0 Å². The fourth-order valence-corrected chi connectivity index (χ4v) is 5.99. The van der Waals surface area contributed by atoms with Crippen LogP contribution in [0.25, 0.3) is 0 Å². The zero-order valence-electron chi connectivity index (χ0n) is 41.8. The molecule has 32 nitrogen and oxygen atoms in total. The molecule has 12 amide bonds. The molecule has 33 heteroatoms. The summed E-state index contributed by atoms with van der Waals surface area (Å²) in [4.78, 5) is 162. The van der Waals surface area contributed by atoms with Gasteiger partial charge in [0, 0.05) is 57.5 Å². The predicted octanol–water partition coefficient (Wildman–Crippen LogP) is -7.63. The van der Waals surface area contributed by atoms with Crippen molar-refractivity contribution < 1.29 is 110 Å². The van der Waals surface area contributed by atoms with Gasteiger partial charge in [0.1, 0.15) is 48.8 Å². The van der Waals surface area contributed by atoms with E-state index in [4.69, 9.17) is 10.8 Å². The zero-order chi connectivity index (χ0) is 56.1. The number of carbonyl (C=O) groups excluding carboxylic acids is 12. The molecule has 0 radical (unpaired) electrons. The normalized spacial score (nSPS) is 13.5. The van der Waals surface area contributed by atoms with E-state index in [0.717, 1.165) is 20.8 Å². The van der Waals surface area contributed by atoms with E-state index in [-0.39, 0.29) is 75.2 Å². The smallest absolute Gasteiger partial charge is 0.322 e. The summed E-state index contributed by atoms with van der Waals surface area (Å²) in [6.07, 6.45) is -0.836. The van der Waals surface area contributed by atoms with Crippen molar-refractivity contribution in [3.63, 3.8) is 0 Å². The number of aliphatic hydroxyl groups excluding tert-OH is 2. The summed E-state index contributed by atoms with van der Waals surface area (Å²) >= 11 is 0. The third kappa shape index (κ3) is 28.0. The summed E-state index contributed by atoms with van der Waals surface area (Å²) in [6, 6.07) is -10.4. The Kier molecular flexibility index (Phi) is 34.1. The second kappa shape index (κ2) is 36.3. The van der Waals surface area contributed by atoms with Gasteiger partial charge in [0.05, 0.1) is 26.3 Å². The minimum atomic E-state index is -1.79. The van der Waals surface area contributed by atoms with Crippen molar-refractivity contribution in [2.45, 2.75) is 122 Å². The summed E-state index contributed by atoms with van der Waals surface area (Å²) in [6.45, 7) is 2.40. The maximum atomic E-state index is 13.5. The van der Waals surface area contributed by atoms with Crippen molar-refractivity contribution in [3.05, 3.63) is 0 Å². The number of hydroxylamine groups is 6. The minimum Gasteiger partial charge on any atom is -0.480 e. The monoisotopic (exact) mass is 1110 g/mol. The SMILES string of the molecule is CC(=O)N(O)CCCC(NC(=O)CNC(=O)[C@@H](C)NC(=O)C(CCCN(O)C(C)=O)NC(=O)[C@H](CO)NC(=O)[C@H](NC(=O)CNC(=O)C(CCCN(O)C(C)=O)NC(=O)[C@@H](N)CO)C(C)C)C(=O)NCC(=O)O.[Fe]. The molecule has 0 aliphatic rings. The van der Waals surface area contributed by atoms with Gasteiger partial charge >= 0.3 is 5.97 Å². The standard InChI is InChI=1S/C41H71N13O19.Fe/c1-21(2)34(51-32(61)17-44-38(67)28(48-36(65)26(42)19-55)11-8-14-53(72)24(5)58)41(70)50-30(20-56)40(69)49-29(12-9-15-54(73)25(6)59)39(68)46-22(3)35(64)43-16-31(60)47-27(37(66)45-18-33(62)63)10-7-13-52(71)23(4)57;/h21-22,26-30,34,55-56,71-73H,7-20,42H2,1-6H3,(H,43,64)(H,44,67)(H,45,66)(H,46,68)(H,47,60)(H,48,65)(H,49,69)(H,50,70)(H,51,61)(H,62,63);/t22-,26+,27?,28?,29?,30+,34-;/m1./s1. The molecule has 0 aliphatic carbocycles. The maximum Gasteiger partial charge on any atom is 0.322 e. The van der Waals surface area contributed by atoms with Gasteiger partial charge in [-0.3, -0.25) is 78.0 Å². The van der Waals surface area contributed by atoms with Gasteiger partial charge in [0.15, 0.2) is 0 Å². The Labute approximate surface area is 435 Å². The zero-order valence-corrected chi connectivity index (χ0v) is 42.9. The first-order valence-electron chi connectivity index (χ1n) is 22.8. The van der Waals surface area contributed by atoms with E-state index in [2.05, 4.69) is 47.9 Å². The number of rotatable bonds is 34. The van der Waals surface area contributed by atoms with Crippen LogP contribution in [0, 0.1) is 5.92 Å². The Balaban J connectivity index is 0. The molecule has 0 bridgehead atoms. The number of nitrogens with two attached hydrogens (primary N) is 1. The number of hydrogen-bond donors (Lipinski definition) is 16. The van der Waals surface area contributed by atoms with Gasteiger partial charge in [-0.2, -0.15) is 0 Å². The molecule has 0 aliphatic heterocycles. The quantitative estimate of drug-likeness (QED) is 0.0162. The molecule has 0 heterocycles. The molecule has 0 spiro atoms. The first-order chi connectivity index (χ1) is 34.1. The number of amides is 12. The summed E-state index contributed by atoms with van der Waals surface area (Å²) in [7, 11) is 0. The predicted molar refractivity (Wildman–Crippen MR) is 246 cm³/mol. The van der Waals surface area contributed by atoms with Gasteiger partial charge in [-0.25, -0.2) is 15.2 Å². The third-order valence-electron chi connectivity index (χ3n) is 10.2. The molecule has 0 saturated heterocycles. The number of hydrogen-bond acceptors (Lipinski definition) is 19. The van der Waals surface area contributed by atoms with Crippen LogP contribution < -0.4 is 53.6 Å². The molecular formula is C41H71FeN13O19. The van der Waals surface area contributed by atoms with Gasteiger partial charge < -0.3 is 68.9 Å². The van der Waals surface area contributed by atoms with Crippen LogP contribution in [-0.2, 0) is 79.4 Å². The van der Waals surface area contributed by atoms with Crippen molar-refractivity contribution in [1.29, 1.82) is 0 Å². The summed E-state index contributed by atoms with van der Waals surface area (Å²) in [5, 5.41) is 78.9. The molecule has 0 aromatic heterocycles. The molecule has 422 valence electrons. The number of carboxylic acids is 1. The molecule has 0 fully saturated rings. The van der Waals surface area contributed by atoms with Crippen molar-refractivity contribution in [2.24, 2.45) is 11.7 Å². The molecular weight excluding hydrogens is 1030 g/mol. The van der Waals surface area contributed by atoms with Crippen LogP contribution in [0.4, 0.5) is 0 Å². The summed E-state index contributed by atoms with van der Waals surface area (Å²) < 4.78 is 0. The molecule has 0 rings (SSSR count). The minimum absolute atomic E-state index is 0. The van der Waals surface area contributed by atoms with Crippen LogP contribution in [0.5, 0.6) is 0 Å². The number of nitrogens with one attached hydrogen (secondary N) is 9. The van der Waals surface area contributed by atoms with E-state index in [0.29, 0.717) is 15.2 Å². The number of nitrogens with zero attached hydrogens (tertiary/aromatic N) is 3. The largest absolute Gasteiger partial charge is 0.480 e. The average Bonchev–Trinajstić information content (AvgIpc) is 3.32. The van der Waals surface area contributed by atoms with Crippen molar-refractivity contribution in [2.75, 3.05) is 52.5 Å². The van der Waals surface area contributed by atoms with E-state index in [1.807, 2.05) is 0 Å². The average molecular weight is 1110 g/mol.